The maximum Gasteiger partial charge on any atom is 0.0468 e. The smallest absolute Gasteiger partial charge is 0.0468 e. The van der Waals surface area contributed by atoms with Crippen molar-refractivity contribution in [3.63, 3.8) is 0 Å². The quantitative estimate of drug-likeness (QED) is 0.122. The molecule has 0 radical (unpaired) electrons. The Morgan fingerprint density at radius 2 is 0.470 bits per heavy atom. The van der Waals surface area contributed by atoms with E-state index in [2.05, 4.69) is 254 Å². The van der Waals surface area contributed by atoms with E-state index in [4.69, 9.17) is 0 Å². The minimum atomic E-state index is 1.13. The van der Waals surface area contributed by atoms with Crippen molar-refractivity contribution in [1.82, 2.24) is 0 Å². The first kappa shape index (κ1) is 38.0. The summed E-state index contributed by atoms with van der Waals surface area (Å²) in [7, 11) is 0. The van der Waals surface area contributed by atoms with Gasteiger partial charge in [0, 0.05) is 34.1 Å². The van der Waals surface area contributed by atoms with E-state index in [1.165, 1.54) is 97.3 Å². The standard InChI is InChI=1S/C64H44N2/c1-41-19-25-47(26-20-41)65(49-29-23-43-11-3-5-13-45(43)35-49)51-31-33-57-59(37-51)53-15-7-9-17-55(53)61-40-64-58-34-32-52(38-60(58)54-16-8-10-18-56(54)62(64)39-63(57)61)66(48-27-21-42(2)22-28-48)50-30-24-44-12-4-6-14-46(44)36-50/h3-40H,1-2H3. The molecular formula is C64H44N2. The lowest BCUT2D eigenvalue weighted by Gasteiger charge is -2.27. The summed E-state index contributed by atoms with van der Waals surface area (Å²) in [5, 5.41) is 20.0. The number of hydrogen-bond donors (Lipinski definition) is 0. The Balaban J connectivity index is 1.04. The van der Waals surface area contributed by atoms with Crippen LogP contribution in [0.2, 0.25) is 0 Å². The van der Waals surface area contributed by atoms with Crippen LogP contribution in [0.5, 0.6) is 0 Å². The molecule has 66 heavy (non-hydrogen) atoms. The fourth-order valence-electron chi connectivity index (χ4n) is 10.6. The van der Waals surface area contributed by atoms with Gasteiger partial charge in [-0.15, -0.1) is 0 Å². The Bertz CT molecular complexity index is 3810. The van der Waals surface area contributed by atoms with E-state index in [9.17, 15) is 0 Å². The summed E-state index contributed by atoms with van der Waals surface area (Å²) in [4.78, 5) is 4.80. The molecule has 0 fully saturated rings. The minimum absolute atomic E-state index is 1.13. The highest BCUT2D eigenvalue weighted by molar-refractivity contribution is 6.33. The molecule has 13 rings (SSSR count). The molecular weight excluding hydrogens is 797 g/mol. The van der Waals surface area contributed by atoms with Crippen LogP contribution in [0.25, 0.3) is 86.2 Å². The van der Waals surface area contributed by atoms with Crippen LogP contribution in [0.1, 0.15) is 11.1 Å². The van der Waals surface area contributed by atoms with Gasteiger partial charge in [-0.1, -0.05) is 157 Å². The van der Waals surface area contributed by atoms with Crippen molar-refractivity contribution in [2.24, 2.45) is 0 Å². The fourth-order valence-corrected chi connectivity index (χ4v) is 10.6. The molecule has 13 aromatic carbocycles. The van der Waals surface area contributed by atoms with Gasteiger partial charge in [0.05, 0.1) is 0 Å². The molecule has 0 saturated carbocycles. The Morgan fingerprint density at radius 1 is 0.197 bits per heavy atom. The summed E-state index contributed by atoms with van der Waals surface area (Å²) < 4.78 is 0. The molecule has 0 spiro atoms. The first-order chi connectivity index (χ1) is 32.5. The number of fused-ring (bicyclic) bond motifs is 14. The first-order valence-corrected chi connectivity index (χ1v) is 22.9. The molecule has 0 bridgehead atoms. The highest BCUT2D eigenvalue weighted by Crippen LogP contribution is 2.46. The van der Waals surface area contributed by atoms with Crippen LogP contribution in [0.15, 0.2) is 231 Å². The maximum atomic E-state index is 2.48. The van der Waals surface area contributed by atoms with E-state index in [1.54, 1.807) is 0 Å². The summed E-state index contributed by atoms with van der Waals surface area (Å²) in [5.74, 6) is 0. The topological polar surface area (TPSA) is 6.48 Å². The molecule has 0 aromatic heterocycles. The third-order valence-corrected chi connectivity index (χ3v) is 13.8. The average Bonchev–Trinajstić information content (AvgIpc) is 3.37. The van der Waals surface area contributed by atoms with Gasteiger partial charge in [-0.25, -0.2) is 0 Å². The Kier molecular flexibility index (Phi) is 8.69. The second-order valence-electron chi connectivity index (χ2n) is 17.9. The van der Waals surface area contributed by atoms with Crippen LogP contribution in [-0.4, -0.2) is 0 Å². The van der Waals surface area contributed by atoms with Crippen LogP contribution in [0.4, 0.5) is 34.1 Å². The fraction of sp³-hybridized carbons (Fsp3) is 0.0312. The lowest BCUT2D eigenvalue weighted by Crippen LogP contribution is -2.10. The van der Waals surface area contributed by atoms with E-state index >= 15 is 0 Å². The van der Waals surface area contributed by atoms with Gasteiger partial charge in [0.25, 0.3) is 0 Å². The Hall–Kier alpha value is -8.46. The molecule has 0 aliphatic carbocycles. The molecule has 13 aromatic rings. The van der Waals surface area contributed by atoms with E-state index in [0.29, 0.717) is 0 Å². The number of hydrogen-bond acceptors (Lipinski definition) is 2. The predicted molar refractivity (Wildman–Crippen MR) is 285 cm³/mol. The molecule has 0 aliphatic heterocycles. The molecule has 2 nitrogen and oxygen atoms in total. The highest BCUT2D eigenvalue weighted by Gasteiger charge is 2.20. The Morgan fingerprint density at radius 3 is 0.848 bits per heavy atom. The lowest BCUT2D eigenvalue weighted by atomic mass is 9.88. The molecule has 0 atom stereocenters. The monoisotopic (exact) mass is 840 g/mol. The zero-order valence-corrected chi connectivity index (χ0v) is 36.8. The van der Waals surface area contributed by atoms with E-state index in [-0.39, 0.29) is 0 Å². The van der Waals surface area contributed by atoms with Gasteiger partial charge in [0.2, 0.25) is 0 Å². The van der Waals surface area contributed by atoms with Crippen molar-refractivity contribution in [1.29, 1.82) is 0 Å². The number of benzene rings is 13. The van der Waals surface area contributed by atoms with Crippen molar-refractivity contribution in [2.75, 3.05) is 9.80 Å². The molecule has 0 saturated heterocycles. The van der Waals surface area contributed by atoms with Gasteiger partial charge < -0.3 is 9.80 Å². The van der Waals surface area contributed by atoms with Crippen molar-refractivity contribution < 1.29 is 0 Å². The van der Waals surface area contributed by atoms with E-state index in [0.717, 1.165) is 34.1 Å². The normalized spacial score (nSPS) is 11.8. The van der Waals surface area contributed by atoms with Gasteiger partial charge >= 0.3 is 0 Å². The molecule has 0 N–H and O–H groups in total. The zero-order valence-electron chi connectivity index (χ0n) is 36.8. The second kappa shape index (κ2) is 15.1. The van der Waals surface area contributed by atoms with Crippen molar-refractivity contribution >= 4 is 120 Å². The van der Waals surface area contributed by atoms with Crippen LogP contribution in [0.3, 0.4) is 0 Å². The summed E-state index contributed by atoms with van der Waals surface area (Å²) >= 11 is 0. The van der Waals surface area contributed by atoms with Crippen molar-refractivity contribution in [3.8, 4) is 0 Å². The van der Waals surface area contributed by atoms with E-state index < -0.39 is 0 Å². The summed E-state index contributed by atoms with van der Waals surface area (Å²) in [6.45, 7) is 4.30. The maximum absolute atomic E-state index is 2.48. The minimum Gasteiger partial charge on any atom is -0.310 e. The van der Waals surface area contributed by atoms with Crippen LogP contribution in [0, 0.1) is 13.8 Å². The third kappa shape index (κ3) is 6.18. The van der Waals surface area contributed by atoms with Crippen LogP contribution in [-0.2, 0) is 0 Å². The molecule has 0 unspecified atom stereocenters. The molecule has 2 heteroatoms. The van der Waals surface area contributed by atoms with Gasteiger partial charge in [-0.05, 0) is 185 Å². The molecule has 310 valence electrons. The number of rotatable bonds is 6. The van der Waals surface area contributed by atoms with Gasteiger partial charge in [-0.3, -0.25) is 0 Å². The van der Waals surface area contributed by atoms with Crippen LogP contribution >= 0.6 is 0 Å². The Labute approximate surface area is 383 Å². The van der Waals surface area contributed by atoms with Crippen molar-refractivity contribution in [3.05, 3.63) is 242 Å². The third-order valence-electron chi connectivity index (χ3n) is 13.8. The average molecular weight is 841 g/mol. The van der Waals surface area contributed by atoms with Gasteiger partial charge in [-0.2, -0.15) is 0 Å². The summed E-state index contributed by atoms with van der Waals surface area (Å²) in [6, 6.07) is 85.7. The second-order valence-corrected chi connectivity index (χ2v) is 17.9. The largest absolute Gasteiger partial charge is 0.310 e. The molecule has 0 amide bonds. The number of nitrogens with zero attached hydrogens (tertiary/aromatic N) is 2. The first-order valence-electron chi connectivity index (χ1n) is 22.9. The SMILES string of the molecule is Cc1ccc(N(c2ccc3ccccc3c2)c2ccc3c(c2)c2ccccc2c2cc4c5ccc(N(c6ccc(C)cc6)c6ccc7ccccc7c6)cc5c5ccccc5c4cc32)cc1. The zero-order chi connectivity index (χ0) is 43.9. The van der Waals surface area contributed by atoms with Crippen LogP contribution < -0.4 is 9.80 Å². The number of aryl methyl sites for hydroxylation is 2. The highest BCUT2D eigenvalue weighted by atomic mass is 15.1. The summed E-state index contributed by atoms with van der Waals surface area (Å²) in [5.41, 5.74) is 9.27. The van der Waals surface area contributed by atoms with Gasteiger partial charge in [0.1, 0.15) is 0 Å². The molecule has 0 heterocycles. The van der Waals surface area contributed by atoms with E-state index in [1.807, 2.05) is 0 Å². The number of anilines is 6. The predicted octanol–water partition coefficient (Wildman–Crippen LogP) is 18.5. The summed E-state index contributed by atoms with van der Waals surface area (Å²) in [6.07, 6.45) is 0. The van der Waals surface area contributed by atoms with Crippen molar-refractivity contribution in [2.45, 2.75) is 13.8 Å². The molecule has 0 aliphatic rings. The van der Waals surface area contributed by atoms with Gasteiger partial charge in [0.15, 0.2) is 0 Å². The lowest BCUT2D eigenvalue weighted by molar-refractivity contribution is 1.29.